The molecule has 5 heteroatoms. The number of hydrogen-bond acceptors (Lipinski definition) is 4. The van der Waals surface area contributed by atoms with E-state index in [4.69, 9.17) is 5.73 Å². The number of pyridine rings is 1. The van der Waals surface area contributed by atoms with Crippen LogP contribution in [0.15, 0.2) is 18.3 Å². The molecular weight excluding hydrogens is 252 g/mol. The highest BCUT2D eigenvalue weighted by atomic mass is 16.1. The summed E-state index contributed by atoms with van der Waals surface area (Å²) in [5.74, 6) is 1.09. The number of nitrogens with two attached hydrogens (primary N) is 1. The Morgan fingerprint density at radius 2 is 2.40 bits per heavy atom. The summed E-state index contributed by atoms with van der Waals surface area (Å²) < 4.78 is 0. The number of hydrogen-bond donors (Lipinski definition) is 2. The van der Waals surface area contributed by atoms with Gasteiger partial charge in [-0.25, -0.2) is 4.98 Å². The average Bonchev–Trinajstić information content (AvgIpc) is 2.45. The first-order chi connectivity index (χ1) is 9.56. The Morgan fingerprint density at radius 3 is 3.10 bits per heavy atom. The van der Waals surface area contributed by atoms with Gasteiger partial charge in [-0.2, -0.15) is 0 Å². The summed E-state index contributed by atoms with van der Waals surface area (Å²) in [5, 5.41) is 3.50. The van der Waals surface area contributed by atoms with Crippen LogP contribution in [0.3, 0.4) is 0 Å². The van der Waals surface area contributed by atoms with Gasteiger partial charge in [0.25, 0.3) is 0 Å². The first kappa shape index (κ1) is 14.8. The van der Waals surface area contributed by atoms with Crippen molar-refractivity contribution in [1.82, 2.24) is 10.3 Å². The number of primary amides is 1. The standard InChI is InChI=1S/C15H24N4O/c1-11(2)18-9-12-4-3-7-19(10-12)14-8-13(15(16)20)5-6-17-14/h5-6,8,11-12,18H,3-4,7,9-10H2,1-2H3,(H2,16,20). The molecule has 1 amide bonds. The molecular formula is C15H24N4O. The lowest BCUT2D eigenvalue weighted by molar-refractivity contribution is 0.1000. The van der Waals surface area contributed by atoms with Crippen molar-refractivity contribution >= 4 is 11.7 Å². The molecule has 0 aromatic carbocycles. The van der Waals surface area contributed by atoms with Gasteiger partial charge in [-0.05, 0) is 37.4 Å². The van der Waals surface area contributed by atoms with E-state index in [1.165, 1.54) is 6.42 Å². The molecule has 1 atom stereocenters. The van der Waals surface area contributed by atoms with Crippen molar-refractivity contribution in [3.05, 3.63) is 23.9 Å². The largest absolute Gasteiger partial charge is 0.366 e. The fourth-order valence-electron chi connectivity index (χ4n) is 2.59. The van der Waals surface area contributed by atoms with Crippen molar-refractivity contribution in [1.29, 1.82) is 0 Å². The molecule has 110 valence electrons. The van der Waals surface area contributed by atoms with E-state index in [-0.39, 0.29) is 0 Å². The van der Waals surface area contributed by atoms with Crippen LogP contribution in [-0.2, 0) is 0 Å². The van der Waals surface area contributed by atoms with Crippen molar-refractivity contribution in [2.24, 2.45) is 11.7 Å². The maximum atomic E-state index is 11.2. The van der Waals surface area contributed by atoms with Gasteiger partial charge < -0.3 is 16.0 Å². The van der Waals surface area contributed by atoms with Gasteiger partial charge in [0.1, 0.15) is 5.82 Å². The van der Waals surface area contributed by atoms with Gasteiger partial charge in [0.05, 0.1) is 0 Å². The average molecular weight is 276 g/mol. The molecule has 1 unspecified atom stereocenters. The van der Waals surface area contributed by atoms with Crippen LogP contribution >= 0.6 is 0 Å². The number of carbonyl (C=O) groups is 1. The Morgan fingerprint density at radius 1 is 1.60 bits per heavy atom. The highest BCUT2D eigenvalue weighted by molar-refractivity contribution is 5.93. The minimum atomic E-state index is -0.399. The van der Waals surface area contributed by atoms with Gasteiger partial charge in [-0.1, -0.05) is 13.8 Å². The predicted octanol–water partition coefficient (Wildman–Crippen LogP) is 1.39. The summed E-state index contributed by atoms with van der Waals surface area (Å²) >= 11 is 0. The highest BCUT2D eigenvalue weighted by Gasteiger charge is 2.21. The topological polar surface area (TPSA) is 71.2 Å². The second kappa shape index (κ2) is 6.70. The maximum absolute atomic E-state index is 11.2. The van der Waals surface area contributed by atoms with Crippen molar-refractivity contribution < 1.29 is 4.79 Å². The Hall–Kier alpha value is -1.62. The molecule has 2 heterocycles. The van der Waals surface area contributed by atoms with Gasteiger partial charge in [-0.3, -0.25) is 4.79 Å². The zero-order chi connectivity index (χ0) is 14.5. The number of piperidine rings is 1. The molecule has 1 aliphatic rings. The Labute approximate surface area is 120 Å². The summed E-state index contributed by atoms with van der Waals surface area (Å²) in [5.41, 5.74) is 5.85. The molecule has 0 aliphatic carbocycles. The van der Waals surface area contributed by atoms with Crippen LogP contribution in [0.25, 0.3) is 0 Å². The molecule has 1 saturated heterocycles. The third-order valence-electron chi connectivity index (χ3n) is 3.69. The number of aromatic nitrogens is 1. The predicted molar refractivity (Wildman–Crippen MR) is 80.8 cm³/mol. The van der Waals surface area contributed by atoms with Gasteiger partial charge >= 0.3 is 0 Å². The van der Waals surface area contributed by atoms with E-state index in [1.54, 1.807) is 18.3 Å². The fourth-order valence-corrected chi connectivity index (χ4v) is 2.59. The lowest BCUT2D eigenvalue weighted by Crippen LogP contribution is -2.41. The molecule has 1 aromatic heterocycles. The van der Waals surface area contributed by atoms with Gasteiger partial charge in [0.2, 0.25) is 5.91 Å². The smallest absolute Gasteiger partial charge is 0.248 e. The van der Waals surface area contributed by atoms with Crippen LogP contribution in [-0.4, -0.2) is 36.6 Å². The van der Waals surface area contributed by atoms with Crippen LogP contribution in [0, 0.1) is 5.92 Å². The first-order valence-corrected chi connectivity index (χ1v) is 7.30. The van der Waals surface area contributed by atoms with Crippen LogP contribution in [0.5, 0.6) is 0 Å². The normalized spacial score (nSPS) is 19.4. The van der Waals surface area contributed by atoms with Gasteiger partial charge in [-0.15, -0.1) is 0 Å². The third kappa shape index (κ3) is 3.93. The van der Waals surface area contributed by atoms with E-state index in [2.05, 4.69) is 29.0 Å². The molecule has 5 nitrogen and oxygen atoms in total. The summed E-state index contributed by atoms with van der Waals surface area (Å²) in [4.78, 5) is 17.9. The highest BCUT2D eigenvalue weighted by Crippen LogP contribution is 2.21. The van der Waals surface area contributed by atoms with E-state index in [0.717, 1.165) is 31.9 Å². The van der Waals surface area contributed by atoms with E-state index in [0.29, 0.717) is 17.5 Å². The third-order valence-corrected chi connectivity index (χ3v) is 3.69. The number of rotatable bonds is 5. The molecule has 2 rings (SSSR count). The molecule has 0 radical (unpaired) electrons. The van der Waals surface area contributed by atoms with Crippen molar-refractivity contribution in [3.63, 3.8) is 0 Å². The zero-order valence-corrected chi connectivity index (χ0v) is 12.3. The molecule has 0 saturated carbocycles. The first-order valence-electron chi connectivity index (χ1n) is 7.30. The van der Waals surface area contributed by atoms with Gasteiger partial charge in [0.15, 0.2) is 0 Å². The summed E-state index contributed by atoms with van der Waals surface area (Å²) in [6, 6.07) is 3.97. The van der Waals surface area contributed by atoms with E-state index < -0.39 is 5.91 Å². The quantitative estimate of drug-likeness (QED) is 0.852. The SMILES string of the molecule is CC(C)NCC1CCCN(c2cc(C(N)=O)ccn2)C1. The Bertz CT molecular complexity index is 461. The fraction of sp³-hybridized carbons (Fsp3) is 0.600. The second-order valence-corrected chi connectivity index (χ2v) is 5.78. The van der Waals surface area contributed by atoms with E-state index >= 15 is 0 Å². The summed E-state index contributed by atoms with van der Waals surface area (Å²) in [7, 11) is 0. The Balaban J connectivity index is 2.01. The minimum absolute atomic E-state index is 0.399. The molecule has 1 aromatic rings. The van der Waals surface area contributed by atoms with Gasteiger partial charge in [0, 0.05) is 30.9 Å². The lowest BCUT2D eigenvalue weighted by atomic mass is 9.97. The van der Waals surface area contributed by atoms with E-state index in [1.807, 2.05) is 0 Å². The molecule has 1 fully saturated rings. The number of carbonyl (C=O) groups excluding carboxylic acids is 1. The monoisotopic (exact) mass is 276 g/mol. The molecule has 3 N–H and O–H groups in total. The maximum Gasteiger partial charge on any atom is 0.248 e. The minimum Gasteiger partial charge on any atom is -0.366 e. The number of amides is 1. The number of nitrogens with zero attached hydrogens (tertiary/aromatic N) is 2. The van der Waals surface area contributed by atoms with Crippen molar-refractivity contribution in [2.45, 2.75) is 32.7 Å². The van der Waals surface area contributed by atoms with Crippen LogP contribution in [0.4, 0.5) is 5.82 Å². The Kier molecular flexibility index (Phi) is 4.95. The lowest BCUT2D eigenvalue weighted by Gasteiger charge is -2.34. The van der Waals surface area contributed by atoms with Crippen LogP contribution < -0.4 is 16.0 Å². The van der Waals surface area contributed by atoms with Crippen LogP contribution in [0.2, 0.25) is 0 Å². The van der Waals surface area contributed by atoms with Crippen molar-refractivity contribution in [2.75, 3.05) is 24.5 Å². The van der Waals surface area contributed by atoms with Crippen molar-refractivity contribution in [3.8, 4) is 0 Å². The zero-order valence-electron chi connectivity index (χ0n) is 12.3. The second-order valence-electron chi connectivity index (χ2n) is 5.78. The number of anilines is 1. The molecule has 0 bridgehead atoms. The van der Waals surface area contributed by atoms with Crippen LogP contribution in [0.1, 0.15) is 37.0 Å². The molecule has 0 spiro atoms. The van der Waals surface area contributed by atoms with E-state index in [9.17, 15) is 4.79 Å². The molecule has 20 heavy (non-hydrogen) atoms. The summed E-state index contributed by atoms with van der Waals surface area (Å²) in [6.07, 6.45) is 4.06. The summed E-state index contributed by atoms with van der Waals surface area (Å²) in [6.45, 7) is 7.34. The molecule has 1 aliphatic heterocycles. The number of nitrogens with one attached hydrogen (secondary N) is 1.